The van der Waals surface area contributed by atoms with Gasteiger partial charge in [0.25, 0.3) is 0 Å². The standard InChI is InChI=1S/C27H26Cl3N3O3/c1-17(2)36-24-12-11-22(13-23(24)30)31-25-14-26(34)33(16-19-5-9-21(29)10-6-19)27(35)32(25)15-18-3-7-20(28)8-4-18/h3-13,17,25,31H,14-16H2,1-2H3. The van der Waals surface area contributed by atoms with Crippen LogP contribution >= 0.6 is 34.8 Å². The number of ether oxygens (including phenoxy) is 1. The Kier molecular flexibility index (Phi) is 8.29. The van der Waals surface area contributed by atoms with Crippen molar-refractivity contribution in [1.82, 2.24) is 9.80 Å². The van der Waals surface area contributed by atoms with E-state index in [0.717, 1.165) is 11.1 Å². The minimum Gasteiger partial charge on any atom is -0.489 e. The second-order valence-corrected chi connectivity index (χ2v) is 10.1. The van der Waals surface area contributed by atoms with Crippen LogP contribution in [0, 0.1) is 0 Å². The monoisotopic (exact) mass is 545 g/mol. The molecule has 188 valence electrons. The predicted molar refractivity (Wildman–Crippen MR) is 144 cm³/mol. The molecule has 3 amide bonds. The van der Waals surface area contributed by atoms with Crippen LogP contribution in [-0.2, 0) is 17.9 Å². The fourth-order valence-electron chi connectivity index (χ4n) is 3.93. The molecule has 1 fully saturated rings. The average Bonchev–Trinajstić information content (AvgIpc) is 2.83. The first-order valence-electron chi connectivity index (χ1n) is 11.5. The van der Waals surface area contributed by atoms with Gasteiger partial charge in [-0.15, -0.1) is 0 Å². The fourth-order valence-corrected chi connectivity index (χ4v) is 4.41. The molecular formula is C27H26Cl3N3O3. The molecule has 3 aromatic rings. The highest BCUT2D eigenvalue weighted by atomic mass is 35.5. The van der Waals surface area contributed by atoms with E-state index in [9.17, 15) is 9.59 Å². The van der Waals surface area contributed by atoms with E-state index < -0.39 is 6.17 Å². The Bertz CT molecular complexity index is 1230. The quantitative estimate of drug-likeness (QED) is 0.324. The topological polar surface area (TPSA) is 61.9 Å². The molecule has 1 aliphatic rings. The first-order chi connectivity index (χ1) is 17.2. The van der Waals surface area contributed by atoms with E-state index in [1.807, 2.05) is 32.0 Å². The zero-order valence-electron chi connectivity index (χ0n) is 19.9. The van der Waals surface area contributed by atoms with Crippen molar-refractivity contribution in [3.63, 3.8) is 0 Å². The van der Waals surface area contributed by atoms with Gasteiger partial charge in [0.2, 0.25) is 5.91 Å². The van der Waals surface area contributed by atoms with Crippen LogP contribution < -0.4 is 10.1 Å². The summed E-state index contributed by atoms with van der Waals surface area (Å²) in [5, 5.41) is 4.95. The van der Waals surface area contributed by atoms with Crippen molar-refractivity contribution < 1.29 is 14.3 Å². The van der Waals surface area contributed by atoms with Gasteiger partial charge < -0.3 is 10.1 Å². The molecule has 4 rings (SSSR count). The van der Waals surface area contributed by atoms with Gasteiger partial charge in [-0.3, -0.25) is 14.6 Å². The molecule has 1 saturated heterocycles. The number of carbonyl (C=O) groups is 2. The largest absolute Gasteiger partial charge is 0.489 e. The van der Waals surface area contributed by atoms with Gasteiger partial charge >= 0.3 is 6.03 Å². The van der Waals surface area contributed by atoms with Crippen molar-refractivity contribution >= 4 is 52.4 Å². The summed E-state index contributed by atoms with van der Waals surface area (Å²) in [6, 6.07) is 19.3. The molecule has 9 heteroatoms. The Labute approximate surface area is 225 Å². The van der Waals surface area contributed by atoms with Crippen molar-refractivity contribution in [3.8, 4) is 5.75 Å². The number of hydrogen-bond donors (Lipinski definition) is 1. The zero-order valence-corrected chi connectivity index (χ0v) is 22.1. The Balaban J connectivity index is 1.59. The van der Waals surface area contributed by atoms with E-state index >= 15 is 0 Å². The van der Waals surface area contributed by atoms with Crippen LogP contribution in [0.5, 0.6) is 5.75 Å². The van der Waals surface area contributed by atoms with Crippen LogP contribution in [0.2, 0.25) is 15.1 Å². The van der Waals surface area contributed by atoms with Crippen molar-refractivity contribution in [2.75, 3.05) is 5.32 Å². The minimum absolute atomic E-state index is 0.0172. The average molecular weight is 547 g/mol. The molecule has 0 aromatic heterocycles. The van der Waals surface area contributed by atoms with Crippen LogP contribution in [0.4, 0.5) is 10.5 Å². The van der Waals surface area contributed by atoms with Gasteiger partial charge in [0.15, 0.2) is 0 Å². The third-order valence-corrected chi connectivity index (χ3v) is 6.47. The highest BCUT2D eigenvalue weighted by molar-refractivity contribution is 6.32. The third-order valence-electron chi connectivity index (χ3n) is 5.67. The molecule has 1 unspecified atom stereocenters. The fraction of sp³-hybridized carbons (Fsp3) is 0.259. The summed E-state index contributed by atoms with van der Waals surface area (Å²) >= 11 is 18.4. The van der Waals surface area contributed by atoms with Crippen molar-refractivity contribution in [1.29, 1.82) is 0 Å². The highest BCUT2D eigenvalue weighted by Gasteiger charge is 2.39. The first kappa shape index (κ1) is 26.1. The minimum atomic E-state index is -0.574. The van der Waals surface area contributed by atoms with Crippen LogP contribution in [0.1, 0.15) is 31.4 Å². The van der Waals surface area contributed by atoms with E-state index in [0.29, 0.717) is 33.0 Å². The van der Waals surface area contributed by atoms with Crippen molar-refractivity contribution in [2.45, 2.75) is 45.6 Å². The number of hydrogen-bond acceptors (Lipinski definition) is 4. The first-order valence-corrected chi connectivity index (χ1v) is 12.7. The summed E-state index contributed by atoms with van der Waals surface area (Å²) < 4.78 is 5.71. The smallest absolute Gasteiger partial charge is 0.328 e. The lowest BCUT2D eigenvalue weighted by Gasteiger charge is -2.41. The summed E-state index contributed by atoms with van der Waals surface area (Å²) in [4.78, 5) is 29.6. The number of anilines is 1. The van der Waals surface area contributed by atoms with Gasteiger partial charge in [0.1, 0.15) is 11.9 Å². The SMILES string of the molecule is CC(C)Oc1ccc(NC2CC(=O)N(Cc3ccc(Cl)cc3)C(=O)N2Cc2ccc(Cl)cc2)cc1Cl. The van der Waals surface area contributed by atoms with Gasteiger partial charge in [-0.05, 0) is 67.4 Å². The van der Waals surface area contributed by atoms with Crippen LogP contribution in [0.25, 0.3) is 0 Å². The summed E-state index contributed by atoms with van der Waals surface area (Å²) in [6.07, 6.45) is -0.499. The maximum absolute atomic E-state index is 13.6. The second kappa shape index (κ2) is 11.4. The molecule has 1 heterocycles. The lowest BCUT2D eigenvalue weighted by molar-refractivity contribution is -0.133. The Morgan fingerprint density at radius 1 is 0.889 bits per heavy atom. The summed E-state index contributed by atoms with van der Waals surface area (Å²) in [5.41, 5.74) is 2.37. The predicted octanol–water partition coefficient (Wildman–Crippen LogP) is 7.23. The van der Waals surface area contributed by atoms with Crippen molar-refractivity contribution in [2.24, 2.45) is 0 Å². The number of benzene rings is 3. The number of urea groups is 1. The van der Waals surface area contributed by atoms with Crippen LogP contribution in [-0.4, -0.2) is 34.0 Å². The molecule has 0 radical (unpaired) electrons. The van der Waals surface area contributed by atoms with Gasteiger partial charge in [-0.2, -0.15) is 0 Å². The molecule has 1 N–H and O–H groups in total. The normalized spacial score (nSPS) is 16.0. The number of carbonyl (C=O) groups excluding carboxylic acids is 2. The highest BCUT2D eigenvalue weighted by Crippen LogP contribution is 2.31. The van der Waals surface area contributed by atoms with E-state index in [2.05, 4.69) is 5.32 Å². The molecule has 1 atom stereocenters. The molecular weight excluding hydrogens is 521 g/mol. The number of nitrogens with zero attached hydrogens (tertiary/aromatic N) is 2. The van der Waals surface area contributed by atoms with Gasteiger partial charge in [-0.1, -0.05) is 59.1 Å². The number of imide groups is 1. The molecule has 0 aliphatic carbocycles. The zero-order chi connectivity index (χ0) is 25.8. The summed E-state index contributed by atoms with van der Waals surface area (Å²) in [6.45, 7) is 4.30. The maximum atomic E-state index is 13.6. The number of rotatable bonds is 8. The van der Waals surface area contributed by atoms with E-state index in [1.54, 1.807) is 53.4 Å². The molecule has 1 aliphatic heterocycles. The molecule has 0 bridgehead atoms. The third kappa shape index (κ3) is 6.44. The van der Waals surface area contributed by atoms with E-state index in [4.69, 9.17) is 39.5 Å². The number of amides is 3. The molecule has 3 aromatic carbocycles. The number of halogens is 3. The molecule has 0 spiro atoms. The van der Waals surface area contributed by atoms with Gasteiger partial charge in [0, 0.05) is 22.3 Å². The Hall–Kier alpha value is -2.93. The van der Waals surface area contributed by atoms with Gasteiger partial charge in [0.05, 0.1) is 24.1 Å². The molecule has 0 saturated carbocycles. The van der Waals surface area contributed by atoms with Crippen LogP contribution in [0.3, 0.4) is 0 Å². The molecule has 36 heavy (non-hydrogen) atoms. The second-order valence-electron chi connectivity index (χ2n) is 8.82. The van der Waals surface area contributed by atoms with E-state index in [1.165, 1.54) is 4.90 Å². The summed E-state index contributed by atoms with van der Waals surface area (Å²) in [5.74, 6) is 0.297. The van der Waals surface area contributed by atoms with Crippen LogP contribution in [0.15, 0.2) is 66.7 Å². The maximum Gasteiger partial charge on any atom is 0.328 e. The lowest BCUT2D eigenvalue weighted by Crippen LogP contribution is -2.58. The van der Waals surface area contributed by atoms with Crippen molar-refractivity contribution in [3.05, 3.63) is 92.9 Å². The Morgan fingerprint density at radius 3 is 2.03 bits per heavy atom. The Morgan fingerprint density at radius 2 is 1.47 bits per heavy atom. The lowest BCUT2D eigenvalue weighted by atomic mass is 10.1. The van der Waals surface area contributed by atoms with Gasteiger partial charge in [-0.25, -0.2) is 4.79 Å². The summed E-state index contributed by atoms with van der Waals surface area (Å²) in [7, 11) is 0. The number of nitrogens with one attached hydrogen (secondary N) is 1. The van der Waals surface area contributed by atoms with E-state index in [-0.39, 0.29) is 31.0 Å². The molecule has 6 nitrogen and oxygen atoms in total.